The largest absolute Gasteiger partial charge is 0.284 e. The molecule has 0 aliphatic carbocycles. The van der Waals surface area contributed by atoms with Crippen molar-refractivity contribution in [2.75, 3.05) is 0 Å². The van der Waals surface area contributed by atoms with E-state index in [4.69, 9.17) is 27.8 Å². The quantitative estimate of drug-likeness (QED) is 0.502. The summed E-state index contributed by atoms with van der Waals surface area (Å²) >= 11 is 11.2. The van der Waals surface area contributed by atoms with Gasteiger partial charge in [-0.3, -0.25) is 9.98 Å². The van der Waals surface area contributed by atoms with Crippen LogP contribution in [0.25, 0.3) is 0 Å². The Morgan fingerprint density at radius 2 is 2.27 bits per heavy atom. The lowest BCUT2D eigenvalue weighted by Crippen LogP contribution is -2.51. The molecular weight excluding hydrogens is 267 g/mol. The molecule has 0 aromatic carbocycles. The summed E-state index contributed by atoms with van der Waals surface area (Å²) in [4.78, 5) is 0. The SMILES string of the molecule is CC(NN1N=C(Cl)C=C(Cl)N1)S(=O)(=O)O. The molecule has 86 valence electrons. The molecule has 1 rings (SSSR count). The average Bonchev–Trinajstić information content (AvgIpc) is 1.99. The van der Waals surface area contributed by atoms with Crippen LogP contribution >= 0.6 is 23.2 Å². The van der Waals surface area contributed by atoms with E-state index in [0.717, 1.165) is 5.23 Å². The van der Waals surface area contributed by atoms with Crippen molar-refractivity contribution in [2.24, 2.45) is 5.10 Å². The first kappa shape index (κ1) is 12.5. The Morgan fingerprint density at radius 1 is 1.67 bits per heavy atom. The maximum absolute atomic E-state index is 10.7. The van der Waals surface area contributed by atoms with Crippen LogP contribution in [0.4, 0.5) is 0 Å². The number of hydrazine groups is 2. The molecule has 0 amide bonds. The zero-order chi connectivity index (χ0) is 11.6. The molecule has 0 radical (unpaired) electrons. The molecule has 15 heavy (non-hydrogen) atoms. The third-order valence-corrected chi connectivity index (χ3v) is 2.78. The average molecular weight is 275 g/mol. The standard InChI is InChI=1S/C5H8Cl2N4O3S/c1-3(15(12,13)14)8-11-9-4(6)2-5(7)10-11/h2-3,8-9H,1H3,(H,12,13,14). The van der Waals surface area contributed by atoms with Gasteiger partial charge in [-0.05, 0) is 6.92 Å². The van der Waals surface area contributed by atoms with Crippen molar-refractivity contribution in [3.63, 3.8) is 0 Å². The van der Waals surface area contributed by atoms with Crippen molar-refractivity contribution in [2.45, 2.75) is 12.3 Å². The minimum absolute atomic E-state index is 0.0637. The summed E-state index contributed by atoms with van der Waals surface area (Å²) in [5, 5.41) is 3.51. The highest BCUT2D eigenvalue weighted by molar-refractivity contribution is 7.86. The van der Waals surface area contributed by atoms with E-state index in [9.17, 15) is 8.42 Å². The fraction of sp³-hybridized carbons (Fsp3) is 0.400. The number of nitrogens with one attached hydrogen (secondary N) is 2. The van der Waals surface area contributed by atoms with Crippen LogP contribution in [0.5, 0.6) is 0 Å². The first-order valence-electron chi connectivity index (χ1n) is 3.69. The van der Waals surface area contributed by atoms with Crippen molar-refractivity contribution in [3.8, 4) is 0 Å². The Hall–Kier alpha value is -0.540. The second kappa shape index (κ2) is 4.54. The number of hydrogen-bond donors (Lipinski definition) is 3. The summed E-state index contributed by atoms with van der Waals surface area (Å²) in [6, 6.07) is 0. The fourth-order valence-corrected chi connectivity index (χ4v) is 1.34. The second-order valence-corrected chi connectivity index (χ2v) is 5.16. The molecule has 0 bridgehead atoms. The van der Waals surface area contributed by atoms with E-state index in [2.05, 4.69) is 16.0 Å². The number of allylic oxidation sites excluding steroid dienone is 1. The smallest absolute Gasteiger partial charge is 0.282 e. The fourth-order valence-electron chi connectivity index (χ4n) is 0.687. The van der Waals surface area contributed by atoms with Gasteiger partial charge in [0.2, 0.25) is 0 Å². The van der Waals surface area contributed by atoms with Gasteiger partial charge in [-0.15, -0.1) is 10.3 Å². The Balaban J connectivity index is 2.67. The molecule has 0 aromatic heterocycles. The van der Waals surface area contributed by atoms with Crippen molar-refractivity contribution >= 4 is 38.5 Å². The monoisotopic (exact) mass is 274 g/mol. The predicted molar refractivity (Wildman–Crippen MR) is 56.3 cm³/mol. The van der Waals surface area contributed by atoms with E-state index in [1.165, 1.54) is 13.0 Å². The van der Waals surface area contributed by atoms with Gasteiger partial charge in [0.15, 0.2) is 10.5 Å². The Kier molecular flexibility index (Phi) is 3.79. The van der Waals surface area contributed by atoms with Gasteiger partial charge < -0.3 is 0 Å². The van der Waals surface area contributed by atoms with Crippen LogP contribution in [0.2, 0.25) is 0 Å². The highest BCUT2D eigenvalue weighted by Crippen LogP contribution is 2.07. The van der Waals surface area contributed by atoms with Gasteiger partial charge in [-0.2, -0.15) is 13.8 Å². The van der Waals surface area contributed by atoms with E-state index in [-0.39, 0.29) is 10.3 Å². The molecule has 0 saturated heterocycles. The third-order valence-electron chi connectivity index (χ3n) is 1.40. The summed E-state index contributed by atoms with van der Waals surface area (Å²) in [6.45, 7) is 1.23. The van der Waals surface area contributed by atoms with Crippen LogP contribution in [-0.2, 0) is 10.1 Å². The molecule has 0 aromatic rings. The van der Waals surface area contributed by atoms with E-state index in [0.29, 0.717) is 0 Å². The summed E-state index contributed by atoms with van der Waals surface area (Å²) in [7, 11) is -4.20. The normalized spacial score (nSPS) is 19.1. The molecule has 1 aliphatic rings. The molecule has 1 aliphatic heterocycles. The van der Waals surface area contributed by atoms with Crippen molar-refractivity contribution in [1.82, 2.24) is 16.1 Å². The zero-order valence-corrected chi connectivity index (χ0v) is 9.81. The molecule has 1 atom stereocenters. The summed E-state index contributed by atoms with van der Waals surface area (Å²) in [5.41, 5.74) is 4.76. The highest BCUT2D eigenvalue weighted by Gasteiger charge is 2.21. The van der Waals surface area contributed by atoms with Gasteiger partial charge >= 0.3 is 0 Å². The minimum atomic E-state index is -4.20. The lowest BCUT2D eigenvalue weighted by Gasteiger charge is -2.25. The molecule has 1 heterocycles. The van der Waals surface area contributed by atoms with Gasteiger partial charge in [0.05, 0.1) is 0 Å². The molecular formula is C5H8Cl2N4O3S. The topological polar surface area (TPSA) is 94.0 Å². The molecule has 0 fully saturated rings. The molecule has 1 unspecified atom stereocenters. The summed E-state index contributed by atoms with van der Waals surface area (Å²) < 4.78 is 30.0. The maximum atomic E-state index is 10.7. The van der Waals surface area contributed by atoms with Crippen LogP contribution < -0.4 is 10.9 Å². The molecule has 3 N–H and O–H groups in total. The van der Waals surface area contributed by atoms with Crippen molar-refractivity contribution in [1.29, 1.82) is 0 Å². The van der Waals surface area contributed by atoms with Gasteiger partial charge in [0.1, 0.15) is 5.16 Å². The van der Waals surface area contributed by atoms with Crippen LogP contribution in [0.3, 0.4) is 0 Å². The first-order chi connectivity index (χ1) is 6.79. The van der Waals surface area contributed by atoms with Crippen LogP contribution in [0, 0.1) is 0 Å². The third kappa shape index (κ3) is 3.84. The lowest BCUT2D eigenvalue weighted by atomic mass is 10.6. The molecule has 10 heteroatoms. The Morgan fingerprint density at radius 3 is 2.73 bits per heavy atom. The van der Waals surface area contributed by atoms with Gasteiger partial charge in [0, 0.05) is 6.08 Å². The van der Waals surface area contributed by atoms with Crippen LogP contribution in [0.1, 0.15) is 6.92 Å². The number of rotatable bonds is 3. The number of halogens is 2. The minimum Gasteiger partial charge on any atom is -0.284 e. The van der Waals surface area contributed by atoms with E-state index in [1.54, 1.807) is 0 Å². The summed E-state index contributed by atoms with van der Waals surface area (Å²) in [6.07, 6.45) is 1.33. The lowest BCUT2D eigenvalue weighted by molar-refractivity contribution is 0.135. The van der Waals surface area contributed by atoms with Crippen molar-refractivity contribution in [3.05, 3.63) is 11.2 Å². The van der Waals surface area contributed by atoms with Crippen molar-refractivity contribution < 1.29 is 13.0 Å². The maximum Gasteiger partial charge on any atom is 0.282 e. The van der Waals surface area contributed by atoms with Gasteiger partial charge in [-0.25, -0.2) is 0 Å². The van der Waals surface area contributed by atoms with Crippen LogP contribution in [-0.4, -0.2) is 28.7 Å². The second-order valence-electron chi connectivity index (χ2n) is 2.62. The molecule has 7 nitrogen and oxygen atoms in total. The number of nitrogens with zero attached hydrogens (tertiary/aromatic N) is 2. The Labute approximate surface area is 96.4 Å². The van der Waals surface area contributed by atoms with Crippen LogP contribution in [0.15, 0.2) is 16.3 Å². The molecule has 0 spiro atoms. The first-order valence-corrected chi connectivity index (χ1v) is 5.95. The molecule has 0 saturated carbocycles. The highest BCUT2D eigenvalue weighted by atomic mass is 35.5. The van der Waals surface area contributed by atoms with Gasteiger partial charge in [0.25, 0.3) is 10.1 Å². The number of hydrazone groups is 1. The predicted octanol–water partition coefficient (Wildman–Crippen LogP) is 0.178. The Bertz CT molecular complexity index is 407. The van der Waals surface area contributed by atoms with E-state index in [1.807, 2.05) is 0 Å². The number of hydrogen-bond acceptors (Lipinski definition) is 6. The summed E-state index contributed by atoms with van der Waals surface area (Å²) in [5.74, 6) is 0. The van der Waals surface area contributed by atoms with E-state index >= 15 is 0 Å². The van der Waals surface area contributed by atoms with Gasteiger partial charge in [-0.1, -0.05) is 23.2 Å². The zero-order valence-electron chi connectivity index (χ0n) is 7.48. The van der Waals surface area contributed by atoms with E-state index < -0.39 is 15.5 Å².